The fraction of sp³-hybridized carbons (Fsp3) is 0.939. The fourth-order valence-electron chi connectivity index (χ4n) is 11.5. The summed E-state index contributed by atoms with van der Waals surface area (Å²) in [5, 5.41) is 0. The van der Waals surface area contributed by atoms with Gasteiger partial charge in [0.15, 0.2) is 0 Å². The molecule has 1 nitrogen and oxygen atoms in total. The molecule has 2 heteroatoms. The van der Waals surface area contributed by atoms with Crippen molar-refractivity contribution in [2.24, 2.45) is 50.2 Å². The second-order valence-corrected chi connectivity index (χ2v) is 21.7. The van der Waals surface area contributed by atoms with Gasteiger partial charge in [0.1, 0.15) is 0 Å². The van der Waals surface area contributed by atoms with Gasteiger partial charge in [-0.2, -0.15) is 0 Å². The molecule has 0 N–H and O–H groups in total. The molecule has 0 spiro atoms. The third-order valence-corrected chi connectivity index (χ3v) is 14.7. The van der Waals surface area contributed by atoms with Crippen molar-refractivity contribution >= 4 is 8.32 Å². The van der Waals surface area contributed by atoms with E-state index in [0.717, 1.165) is 17.8 Å². The SMILES string of the molecule is CC1=C(O[Si](C)(C)C)CC[C@H]2[C@]3(C)CC[C@@]4(C)[C@@H]5CC(C)(C)CC[C@]5(C)CC[C@]4(C)[C@H]3CC[C@]12C. The Hall–Kier alpha value is -0.243. The van der Waals surface area contributed by atoms with E-state index in [4.69, 9.17) is 4.43 Å². The molecule has 0 heterocycles. The van der Waals surface area contributed by atoms with Gasteiger partial charge in [0.05, 0.1) is 5.76 Å². The largest absolute Gasteiger partial charge is 0.547 e. The topological polar surface area (TPSA) is 9.23 Å². The number of rotatable bonds is 2. The van der Waals surface area contributed by atoms with Crippen LogP contribution in [0.1, 0.15) is 126 Å². The minimum Gasteiger partial charge on any atom is -0.547 e. The summed E-state index contributed by atoms with van der Waals surface area (Å²) in [6.45, 7) is 28.3. The van der Waals surface area contributed by atoms with Gasteiger partial charge in [0.25, 0.3) is 0 Å². The van der Waals surface area contributed by atoms with Crippen molar-refractivity contribution in [1.29, 1.82) is 0 Å². The average Bonchev–Trinajstić information content (AvgIpc) is 2.73. The average molecular weight is 499 g/mol. The maximum absolute atomic E-state index is 6.70. The van der Waals surface area contributed by atoms with Crippen LogP contribution in [0, 0.1) is 50.2 Å². The lowest BCUT2D eigenvalue weighted by Gasteiger charge is -2.74. The van der Waals surface area contributed by atoms with Crippen molar-refractivity contribution in [3.8, 4) is 0 Å². The maximum Gasteiger partial charge on any atom is 0.241 e. The Morgan fingerprint density at radius 1 is 0.686 bits per heavy atom. The third kappa shape index (κ3) is 3.64. The summed E-state index contributed by atoms with van der Waals surface area (Å²) in [5.74, 6) is 3.99. The molecule has 5 rings (SSSR count). The molecule has 0 unspecified atom stereocenters. The van der Waals surface area contributed by atoms with Gasteiger partial charge in [-0.3, -0.25) is 0 Å². The molecule has 200 valence electrons. The molecule has 8 atom stereocenters. The molecular weight excluding hydrogens is 440 g/mol. The van der Waals surface area contributed by atoms with Crippen molar-refractivity contribution in [3.63, 3.8) is 0 Å². The first-order chi connectivity index (χ1) is 15.9. The molecule has 5 aliphatic carbocycles. The predicted octanol–water partition coefficient (Wildman–Crippen LogP) is 10.4. The van der Waals surface area contributed by atoms with E-state index in [1.807, 2.05) is 0 Å². The first-order valence-electron chi connectivity index (χ1n) is 15.3. The van der Waals surface area contributed by atoms with E-state index in [1.54, 1.807) is 5.57 Å². The van der Waals surface area contributed by atoms with Gasteiger partial charge in [-0.1, -0.05) is 48.5 Å². The highest BCUT2D eigenvalue weighted by molar-refractivity contribution is 6.70. The van der Waals surface area contributed by atoms with Gasteiger partial charge in [-0.25, -0.2) is 0 Å². The summed E-state index contributed by atoms with van der Waals surface area (Å²) in [4.78, 5) is 0. The molecule has 0 aromatic rings. The number of hydrogen-bond donors (Lipinski definition) is 0. The lowest BCUT2D eigenvalue weighted by molar-refractivity contribution is -0.249. The predicted molar refractivity (Wildman–Crippen MR) is 153 cm³/mol. The molecule has 0 aromatic carbocycles. The van der Waals surface area contributed by atoms with Crippen LogP contribution in [0.15, 0.2) is 11.3 Å². The third-order valence-electron chi connectivity index (χ3n) is 13.9. The Kier molecular flexibility index (Phi) is 5.77. The maximum atomic E-state index is 6.70. The number of hydrogen-bond acceptors (Lipinski definition) is 1. The lowest BCUT2D eigenvalue weighted by atomic mass is 9.30. The van der Waals surface area contributed by atoms with Crippen molar-refractivity contribution in [1.82, 2.24) is 0 Å². The normalized spacial score (nSPS) is 51.6. The first-order valence-corrected chi connectivity index (χ1v) is 18.7. The Morgan fingerprint density at radius 2 is 1.29 bits per heavy atom. The van der Waals surface area contributed by atoms with Crippen LogP contribution in [0.5, 0.6) is 0 Å². The Labute approximate surface area is 219 Å². The molecule has 0 bridgehead atoms. The van der Waals surface area contributed by atoms with E-state index in [-0.39, 0.29) is 0 Å². The van der Waals surface area contributed by atoms with E-state index in [2.05, 4.69) is 75.0 Å². The molecular formula is C33H58OSi. The minimum absolute atomic E-state index is 0.332. The van der Waals surface area contributed by atoms with Crippen molar-refractivity contribution < 1.29 is 4.43 Å². The Balaban J connectivity index is 1.51. The summed E-state index contributed by atoms with van der Waals surface area (Å²) in [6, 6.07) is 0. The standard InChI is InChI=1S/C33H58OSi/c1-23-24(34-35(9,10)11)12-13-25-30(23,5)15-14-26-31(25,6)19-21-33(8)27-22-28(2,3)16-17-29(27,4)18-20-32(26,33)7/h25-27H,12-22H2,1-11H3/t25-,26+,27-,29-,30-,31+,32-,33+/m1/s1. The van der Waals surface area contributed by atoms with Crippen LogP contribution in [0.2, 0.25) is 19.6 Å². The van der Waals surface area contributed by atoms with E-state index in [1.165, 1.54) is 76.4 Å². The molecule has 4 fully saturated rings. The molecule has 35 heavy (non-hydrogen) atoms. The van der Waals surface area contributed by atoms with E-state index >= 15 is 0 Å². The highest BCUT2D eigenvalue weighted by Crippen LogP contribution is 2.78. The zero-order valence-electron chi connectivity index (χ0n) is 25.4. The van der Waals surface area contributed by atoms with Crippen LogP contribution < -0.4 is 0 Å². The molecule has 0 aliphatic heterocycles. The quantitative estimate of drug-likeness (QED) is 0.344. The molecule has 0 aromatic heterocycles. The van der Waals surface area contributed by atoms with Crippen LogP contribution in [0.4, 0.5) is 0 Å². The molecule has 0 saturated heterocycles. The molecule has 5 aliphatic rings. The summed E-state index contributed by atoms with van der Waals surface area (Å²) in [6.07, 6.45) is 15.5. The van der Waals surface area contributed by atoms with Crippen LogP contribution in [0.3, 0.4) is 0 Å². The molecule has 4 saturated carbocycles. The number of fused-ring (bicyclic) bond motifs is 7. The summed E-state index contributed by atoms with van der Waals surface area (Å²) < 4.78 is 6.70. The summed E-state index contributed by atoms with van der Waals surface area (Å²) >= 11 is 0. The number of allylic oxidation sites excluding steroid dienone is 2. The van der Waals surface area contributed by atoms with Gasteiger partial charge < -0.3 is 4.43 Å². The van der Waals surface area contributed by atoms with Crippen LogP contribution in [-0.2, 0) is 4.43 Å². The smallest absolute Gasteiger partial charge is 0.241 e. The van der Waals surface area contributed by atoms with E-state index < -0.39 is 8.32 Å². The summed E-state index contributed by atoms with van der Waals surface area (Å²) in [7, 11) is -1.57. The van der Waals surface area contributed by atoms with Gasteiger partial charge in [0.2, 0.25) is 8.32 Å². The van der Waals surface area contributed by atoms with E-state index in [0.29, 0.717) is 32.5 Å². The first kappa shape index (κ1) is 26.4. The van der Waals surface area contributed by atoms with Crippen molar-refractivity contribution in [2.45, 2.75) is 146 Å². The molecule has 0 amide bonds. The van der Waals surface area contributed by atoms with Crippen LogP contribution >= 0.6 is 0 Å². The van der Waals surface area contributed by atoms with Gasteiger partial charge in [-0.05, 0) is 147 Å². The minimum atomic E-state index is -1.57. The Morgan fingerprint density at radius 3 is 1.94 bits per heavy atom. The Bertz CT molecular complexity index is 911. The van der Waals surface area contributed by atoms with Crippen LogP contribution in [0.25, 0.3) is 0 Å². The monoisotopic (exact) mass is 498 g/mol. The van der Waals surface area contributed by atoms with Crippen molar-refractivity contribution in [2.75, 3.05) is 0 Å². The highest BCUT2D eigenvalue weighted by atomic mass is 28.4. The zero-order valence-corrected chi connectivity index (χ0v) is 26.4. The van der Waals surface area contributed by atoms with Gasteiger partial charge in [0, 0.05) is 6.42 Å². The lowest BCUT2D eigenvalue weighted by Crippen LogP contribution is -2.67. The van der Waals surface area contributed by atoms with Crippen LogP contribution in [-0.4, -0.2) is 8.32 Å². The highest BCUT2D eigenvalue weighted by Gasteiger charge is 2.70. The second kappa shape index (κ2) is 7.66. The zero-order chi connectivity index (χ0) is 25.9. The fourth-order valence-corrected chi connectivity index (χ4v) is 12.5. The molecule has 0 radical (unpaired) electrons. The summed E-state index contributed by atoms with van der Waals surface area (Å²) in [5.41, 5.74) is 4.53. The van der Waals surface area contributed by atoms with E-state index in [9.17, 15) is 0 Å². The second-order valence-electron chi connectivity index (χ2n) is 17.3. The van der Waals surface area contributed by atoms with Gasteiger partial charge in [-0.15, -0.1) is 0 Å². The van der Waals surface area contributed by atoms with Crippen molar-refractivity contribution in [3.05, 3.63) is 11.3 Å². The van der Waals surface area contributed by atoms with Gasteiger partial charge >= 0.3 is 0 Å².